The number of hydrogen-bond acceptors (Lipinski definition) is 6. The van der Waals surface area contributed by atoms with Crippen molar-refractivity contribution in [2.45, 2.75) is 4.90 Å². The quantitative estimate of drug-likeness (QED) is 0.689. The molecule has 1 N–H and O–H groups in total. The second-order valence-corrected chi connectivity index (χ2v) is 9.46. The summed E-state index contributed by atoms with van der Waals surface area (Å²) >= 11 is 0. The Labute approximate surface area is 174 Å². The zero-order chi connectivity index (χ0) is 20.9. The minimum Gasteiger partial charge on any atom is -0.482 e. The van der Waals surface area contributed by atoms with Crippen LogP contribution in [0.15, 0.2) is 53.6 Å². The highest BCUT2D eigenvalue weighted by atomic mass is 32.2. The number of aromatic nitrogens is 1. The van der Waals surface area contributed by atoms with Gasteiger partial charge in [-0.15, -0.1) is 0 Å². The van der Waals surface area contributed by atoms with Crippen LogP contribution in [0.1, 0.15) is 0 Å². The van der Waals surface area contributed by atoms with Crippen LogP contribution in [0.2, 0.25) is 0 Å². The van der Waals surface area contributed by atoms with Crippen LogP contribution in [0.4, 0.5) is 11.4 Å². The second kappa shape index (κ2) is 7.03. The molecule has 3 aromatic rings. The van der Waals surface area contributed by atoms with Gasteiger partial charge in [-0.05, 0) is 37.4 Å². The molecule has 2 aromatic carbocycles. The summed E-state index contributed by atoms with van der Waals surface area (Å²) in [4.78, 5) is 16.1. The van der Waals surface area contributed by atoms with Crippen molar-refractivity contribution < 1.29 is 17.9 Å². The van der Waals surface area contributed by atoms with Crippen molar-refractivity contribution in [2.24, 2.45) is 0 Å². The maximum atomic E-state index is 13.4. The number of fused-ring (bicyclic) bond motifs is 2. The third kappa shape index (κ3) is 3.20. The molecule has 30 heavy (non-hydrogen) atoms. The molecular weight excluding hydrogens is 404 g/mol. The number of carbonyl (C=O) groups is 1. The molecule has 0 bridgehead atoms. The van der Waals surface area contributed by atoms with Crippen molar-refractivity contribution >= 4 is 38.2 Å². The maximum Gasteiger partial charge on any atom is 0.268 e. The third-order valence-electron chi connectivity index (χ3n) is 5.65. The van der Waals surface area contributed by atoms with Gasteiger partial charge >= 0.3 is 0 Å². The zero-order valence-electron chi connectivity index (χ0n) is 16.5. The van der Waals surface area contributed by atoms with E-state index >= 15 is 0 Å². The molecular formula is C21H22N4O4S. The van der Waals surface area contributed by atoms with Crippen LogP contribution >= 0.6 is 0 Å². The van der Waals surface area contributed by atoms with E-state index in [1.54, 1.807) is 18.3 Å². The monoisotopic (exact) mass is 426 g/mol. The normalized spacial score (nSPS) is 17.5. The van der Waals surface area contributed by atoms with Gasteiger partial charge in [-0.3, -0.25) is 4.79 Å². The molecule has 2 aliphatic rings. The molecule has 0 saturated carbocycles. The lowest BCUT2D eigenvalue weighted by Gasteiger charge is -2.34. The average molecular weight is 426 g/mol. The van der Waals surface area contributed by atoms with Gasteiger partial charge in [0.2, 0.25) is 0 Å². The summed E-state index contributed by atoms with van der Waals surface area (Å²) in [7, 11) is -1.73. The average Bonchev–Trinajstić information content (AvgIpc) is 3.18. The topological polar surface area (TPSA) is 83.9 Å². The Morgan fingerprint density at radius 1 is 1.00 bits per heavy atom. The van der Waals surface area contributed by atoms with Gasteiger partial charge in [0, 0.05) is 49.5 Å². The molecule has 1 fully saturated rings. The number of likely N-dealkylation sites (N-methyl/N-ethyl adjacent to an activating group) is 1. The summed E-state index contributed by atoms with van der Waals surface area (Å²) < 4.78 is 33.5. The molecule has 9 heteroatoms. The molecule has 0 unspecified atom stereocenters. The minimum absolute atomic E-state index is 0.111. The smallest absolute Gasteiger partial charge is 0.268 e. The third-order valence-corrected chi connectivity index (χ3v) is 7.34. The van der Waals surface area contributed by atoms with Crippen LogP contribution in [0.25, 0.3) is 10.9 Å². The molecule has 3 heterocycles. The SMILES string of the molecule is CN1CCN(c2ccc3ccn(S(=O)(=O)c4ccc5c(c4)OCC(=O)N5)c3c2)CC1. The van der Waals surface area contributed by atoms with Gasteiger partial charge in [0.1, 0.15) is 5.75 Å². The van der Waals surface area contributed by atoms with Gasteiger partial charge in [-0.2, -0.15) is 0 Å². The molecule has 8 nitrogen and oxygen atoms in total. The number of anilines is 2. The summed E-state index contributed by atoms with van der Waals surface area (Å²) in [5, 5.41) is 3.53. The van der Waals surface area contributed by atoms with Crippen molar-refractivity contribution in [1.29, 1.82) is 0 Å². The molecule has 2 aliphatic heterocycles. The van der Waals surface area contributed by atoms with Gasteiger partial charge in [-0.1, -0.05) is 6.07 Å². The van der Waals surface area contributed by atoms with E-state index in [1.807, 2.05) is 18.2 Å². The number of benzene rings is 2. The first-order valence-corrected chi connectivity index (χ1v) is 11.2. The summed E-state index contributed by atoms with van der Waals surface area (Å²) in [6.07, 6.45) is 1.58. The Morgan fingerprint density at radius 3 is 2.60 bits per heavy atom. The van der Waals surface area contributed by atoms with E-state index < -0.39 is 10.0 Å². The number of carbonyl (C=O) groups excluding carboxylic acids is 1. The molecule has 1 amide bonds. The maximum absolute atomic E-state index is 13.4. The zero-order valence-corrected chi connectivity index (χ0v) is 17.4. The van der Waals surface area contributed by atoms with Crippen LogP contribution in [0.5, 0.6) is 5.75 Å². The summed E-state index contributed by atoms with van der Waals surface area (Å²) in [6.45, 7) is 3.63. The van der Waals surface area contributed by atoms with Crippen LogP contribution in [0, 0.1) is 0 Å². The standard InChI is InChI=1S/C21H22N4O4S/c1-23-8-10-24(11-9-23)16-3-2-15-6-7-25(19(15)12-16)30(27,28)17-4-5-18-20(13-17)29-14-21(26)22-18/h2-7,12-13H,8-11,14H2,1H3,(H,22,26). The number of hydrogen-bond donors (Lipinski definition) is 1. The largest absolute Gasteiger partial charge is 0.482 e. The Kier molecular flexibility index (Phi) is 4.44. The lowest BCUT2D eigenvalue weighted by Crippen LogP contribution is -2.44. The number of nitrogens with one attached hydrogen (secondary N) is 1. The first kappa shape index (κ1) is 19.0. The van der Waals surface area contributed by atoms with E-state index in [0.717, 1.165) is 37.3 Å². The summed E-state index contributed by atoms with van der Waals surface area (Å²) in [5.41, 5.74) is 2.13. The molecule has 0 spiro atoms. The van der Waals surface area contributed by atoms with E-state index in [-0.39, 0.29) is 17.4 Å². The first-order valence-electron chi connectivity index (χ1n) is 9.79. The summed E-state index contributed by atoms with van der Waals surface area (Å²) in [5.74, 6) is 0.0937. The van der Waals surface area contributed by atoms with Crippen molar-refractivity contribution in [1.82, 2.24) is 8.87 Å². The number of amides is 1. The van der Waals surface area contributed by atoms with Crippen molar-refractivity contribution in [3.63, 3.8) is 0 Å². The Bertz CT molecular complexity index is 1240. The number of piperazine rings is 1. The molecule has 5 rings (SSSR count). The first-order chi connectivity index (χ1) is 14.4. The van der Waals surface area contributed by atoms with Crippen LogP contribution < -0.4 is 15.0 Å². The fourth-order valence-corrected chi connectivity index (χ4v) is 5.25. The van der Waals surface area contributed by atoms with E-state index in [4.69, 9.17) is 4.74 Å². The van der Waals surface area contributed by atoms with Gasteiger partial charge < -0.3 is 19.9 Å². The molecule has 156 valence electrons. The van der Waals surface area contributed by atoms with E-state index in [2.05, 4.69) is 22.2 Å². The molecule has 1 aromatic heterocycles. The number of ether oxygens (including phenoxy) is 1. The highest BCUT2D eigenvalue weighted by Gasteiger charge is 2.24. The Balaban J connectivity index is 1.53. The van der Waals surface area contributed by atoms with Crippen molar-refractivity contribution in [3.8, 4) is 5.75 Å². The van der Waals surface area contributed by atoms with E-state index in [1.165, 1.54) is 16.1 Å². The lowest BCUT2D eigenvalue weighted by molar-refractivity contribution is -0.118. The van der Waals surface area contributed by atoms with Crippen LogP contribution in [0.3, 0.4) is 0 Å². The fourth-order valence-electron chi connectivity index (χ4n) is 3.89. The van der Waals surface area contributed by atoms with Crippen molar-refractivity contribution in [3.05, 3.63) is 48.7 Å². The second-order valence-electron chi connectivity index (χ2n) is 7.64. The predicted molar refractivity (Wildman–Crippen MR) is 115 cm³/mol. The number of rotatable bonds is 3. The van der Waals surface area contributed by atoms with E-state index in [0.29, 0.717) is 17.0 Å². The molecule has 1 saturated heterocycles. The van der Waals surface area contributed by atoms with Gasteiger partial charge in [0.05, 0.1) is 16.1 Å². The van der Waals surface area contributed by atoms with Gasteiger partial charge in [-0.25, -0.2) is 12.4 Å². The lowest BCUT2D eigenvalue weighted by atomic mass is 10.2. The minimum atomic E-state index is -3.83. The number of nitrogens with zero attached hydrogens (tertiary/aromatic N) is 3. The highest BCUT2D eigenvalue weighted by Crippen LogP contribution is 2.32. The predicted octanol–water partition coefficient (Wildman–Crippen LogP) is 1.96. The highest BCUT2D eigenvalue weighted by molar-refractivity contribution is 7.90. The molecule has 0 atom stereocenters. The summed E-state index contributed by atoms with van der Waals surface area (Å²) in [6, 6.07) is 12.2. The van der Waals surface area contributed by atoms with Crippen LogP contribution in [-0.2, 0) is 14.8 Å². The molecule has 0 aliphatic carbocycles. The van der Waals surface area contributed by atoms with Gasteiger partial charge in [0.25, 0.3) is 15.9 Å². The van der Waals surface area contributed by atoms with E-state index in [9.17, 15) is 13.2 Å². The molecule has 0 radical (unpaired) electrons. The fraction of sp³-hybridized carbons (Fsp3) is 0.286. The Morgan fingerprint density at radius 2 is 1.80 bits per heavy atom. The Hall–Kier alpha value is -3.04. The van der Waals surface area contributed by atoms with Crippen molar-refractivity contribution in [2.75, 3.05) is 50.1 Å². The van der Waals surface area contributed by atoms with Gasteiger partial charge in [0.15, 0.2) is 6.61 Å². The van der Waals surface area contributed by atoms with Crippen LogP contribution in [-0.4, -0.2) is 63.0 Å².